The minimum Gasteiger partial charge on any atom is -0.489 e. The number of ether oxygens (including phenoxy) is 1. The fourth-order valence-electron chi connectivity index (χ4n) is 5.78. The van der Waals surface area contributed by atoms with Crippen molar-refractivity contribution < 1.29 is 13.9 Å². The van der Waals surface area contributed by atoms with Crippen molar-refractivity contribution in [3.63, 3.8) is 0 Å². The highest BCUT2D eigenvalue weighted by Gasteiger charge is 2.45. The van der Waals surface area contributed by atoms with Gasteiger partial charge in [-0.15, -0.1) is 0 Å². The number of nitriles is 1. The molecule has 0 aromatic heterocycles. The molecule has 0 fully saturated rings. The molecule has 204 valence electrons. The van der Waals surface area contributed by atoms with Crippen LogP contribution >= 0.6 is 22.6 Å². The third-order valence-corrected chi connectivity index (χ3v) is 8.43. The smallest absolute Gasteiger partial charge is 0.162 e. The van der Waals surface area contributed by atoms with Crippen LogP contribution in [0.1, 0.15) is 54.9 Å². The highest BCUT2D eigenvalue weighted by Crippen LogP contribution is 2.50. The summed E-state index contributed by atoms with van der Waals surface area (Å²) in [5.74, 6) is 0.0489. The number of benzene rings is 3. The van der Waals surface area contributed by atoms with Gasteiger partial charge in [0.25, 0.3) is 0 Å². The Kier molecular flexibility index (Phi) is 7.49. The van der Waals surface area contributed by atoms with E-state index in [2.05, 4.69) is 48.6 Å². The zero-order valence-electron chi connectivity index (χ0n) is 23.0. The van der Waals surface area contributed by atoms with Crippen molar-refractivity contribution in [3.05, 3.63) is 115 Å². The predicted molar refractivity (Wildman–Crippen MR) is 163 cm³/mol. The third kappa shape index (κ3) is 5.25. The summed E-state index contributed by atoms with van der Waals surface area (Å²) in [4.78, 5) is 15.8. The number of hydrogen-bond donors (Lipinski definition) is 1. The molecule has 5 rings (SSSR count). The Balaban J connectivity index is 1.65. The molecule has 7 heteroatoms. The van der Waals surface area contributed by atoms with Gasteiger partial charge in [0.1, 0.15) is 24.0 Å². The maximum absolute atomic E-state index is 13.9. The van der Waals surface area contributed by atoms with Crippen LogP contribution in [0, 0.1) is 40.0 Å². The lowest BCUT2D eigenvalue weighted by Gasteiger charge is -2.44. The van der Waals surface area contributed by atoms with Crippen LogP contribution in [0.4, 0.5) is 10.1 Å². The average molecular weight is 648 g/mol. The Morgan fingerprint density at radius 1 is 1.07 bits per heavy atom. The quantitative estimate of drug-likeness (QED) is 0.289. The minimum atomic E-state index is -0.575. The number of anilines is 1. The molecule has 1 heterocycles. The van der Waals surface area contributed by atoms with E-state index < -0.39 is 5.92 Å². The lowest BCUT2D eigenvalue weighted by atomic mass is 9.68. The molecule has 1 unspecified atom stereocenters. The lowest BCUT2D eigenvalue weighted by Crippen LogP contribution is -2.42. The number of allylic oxidation sites excluding steroid dienone is 3. The van der Waals surface area contributed by atoms with Gasteiger partial charge < -0.3 is 10.5 Å². The van der Waals surface area contributed by atoms with Crippen LogP contribution in [0.5, 0.6) is 5.75 Å². The number of rotatable bonds is 5. The van der Waals surface area contributed by atoms with E-state index in [0.29, 0.717) is 35.6 Å². The number of nitrogens with two attached hydrogens (primary N) is 1. The molecule has 3 aromatic rings. The van der Waals surface area contributed by atoms with Crippen molar-refractivity contribution in [2.24, 2.45) is 11.1 Å². The van der Waals surface area contributed by atoms with E-state index in [0.717, 1.165) is 37.2 Å². The second-order valence-electron chi connectivity index (χ2n) is 11.3. The molecule has 0 saturated carbocycles. The van der Waals surface area contributed by atoms with E-state index >= 15 is 0 Å². The normalized spacial score (nSPS) is 18.5. The predicted octanol–water partition coefficient (Wildman–Crippen LogP) is 7.57. The standard InChI is InChI=1S/C33H31FIN3O2/c1-19-13-20(2)26(14-21(19)18-40-25-11-5-22(34)6-12-25)30-27(17-36)32(37)38(24-9-7-23(35)8-10-24)28-15-33(3,4)16-29(39)31(28)30/h5-14,30H,15-16,18,37H2,1-4H3. The molecule has 3 aromatic carbocycles. The molecule has 2 aliphatic rings. The van der Waals surface area contributed by atoms with Crippen LogP contribution in [0.2, 0.25) is 0 Å². The highest BCUT2D eigenvalue weighted by atomic mass is 127. The molecule has 1 atom stereocenters. The summed E-state index contributed by atoms with van der Waals surface area (Å²) in [6.07, 6.45) is 1.05. The van der Waals surface area contributed by atoms with Gasteiger partial charge in [0.15, 0.2) is 5.78 Å². The Labute approximate surface area is 248 Å². The fourth-order valence-corrected chi connectivity index (χ4v) is 6.14. The van der Waals surface area contributed by atoms with Gasteiger partial charge in [-0.25, -0.2) is 4.39 Å². The van der Waals surface area contributed by atoms with Gasteiger partial charge in [-0.3, -0.25) is 9.69 Å². The van der Waals surface area contributed by atoms with Crippen molar-refractivity contribution in [1.29, 1.82) is 5.26 Å². The first-order chi connectivity index (χ1) is 19.0. The topological polar surface area (TPSA) is 79.4 Å². The summed E-state index contributed by atoms with van der Waals surface area (Å²) in [7, 11) is 0. The minimum absolute atomic E-state index is 0.0381. The van der Waals surface area contributed by atoms with E-state index in [1.807, 2.05) is 49.1 Å². The Hall–Kier alpha value is -3.64. The van der Waals surface area contributed by atoms with Crippen LogP contribution in [0.25, 0.3) is 0 Å². The van der Waals surface area contributed by atoms with Crippen LogP contribution in [0.3, 0.4) is 0 Å². The molecule has 1 aliphatic heterocycles. The molecule has 0 amide bonds. The third-order valence-electron chi connectivity index (χ3n) is 7.71. The van der Waals surface area contributed by atoms with Crippen LogP contribution in [-0.2, 0) is 11.4 Å². The fraction of sp³-hybridized carbons (Fsp3) is 0.273. The number of hydrogen-bond acceptors (Lipinski definition) is 5. The first-order valence-electron chi connectivity index (χ1n) is 13.2. The Morgan fingerprint density at radius 2 is 1.75 bits per heavy atom. The van der Waals surface area contributed by atoms with Crippen molar-refractivity contribution in [2.75, 3.05) is 4.90 Å². The lowest BCUT2D eigenvalue weighted by molar-refractivity contribution is -0.118. The second kappa shape index (κ2) is 10.7. The first kappa shape index (κ1) is 27.9. The Bertz CT molecular complexity index is 1600. The molecule has 0 spiro atoms. The number of carbonyl (C=O) groups is 1. The van der Waals surface area contributed by atoms with Crippen LogP contribution in [-0.4, -0.2) is 5.78 Å². The zero-order valence-corrected chi connectivity index (χ0v) is 25.2. The van der Waals surface area contributed by atoms with Gasteiger partial charge in [0.2, 0.25) is 0 Å². The van der Waals surface area contributed by atoms with Crippen LogP contribution in [0.15, 0.2) is 83.3 Å². The molecule has 40 heavy (non-hydrogen) atoms. The van der Waals surface area contributed by atoms with Crippen molar-refractivity contribution in [1.82, 2.24) is 0 Å². The number of aryl methyl sites for hydroxylation is 2. The number of Topliss-reactive ketones (excluding diaryl/α,β-unsaturated/α-hetero) is 1. The summed E-state index contributed by atoms with van der Waals surface area (Å²) in [5, 5.41) is 10.5. The zero-order chi connectivity index (χ0) is 28.8. The van der Waals surface area contributed by atoms with E-state index in [1.54, 1.807) is 12.1 Å². The molecule has 5 nitrogen and oxygen atoms in total. The summed E-state index contributed by atoms with van der Waals surface area (Å²) >= 11 is 2.25. The van der Waals surface area contributed by atoms with E-state index in [-0.39, 0.29) is 23.6 Å². The van der Waals surface area contributed by atoms with E-state index in [9.17, 15) is 14.4 Å². The summed E-state index contributed by atoms with van der Waals surface area (Å²) in [6.45, 7) is 8.46. The summed E-state index contributed by atoms with van der Waals surface area (Å²) in [6, 6.07) is 20.3. The van der Waals surface area contributed by atoms with Gasteiger partial charge in [-0.1, -0.05) is 26.0 Å². The van der Waals surface area contributed by atoms with Gasteiger partial charge in [0.05, 0.1) is 17.6 Å². The number of halogens is 2. The SMILES string of the molecule is Cc1cc(C)c(C2C(C#N)=C(N)N(c3ccc(I)cc3)C3=C2C(=O)CC(C)(C)C3)cc1COc1ccc(F)cc1. The largest absolute Gasteiger partial charge is 0.489 e. The number of carbonyl (C=O) groups excluding carboxylic acids is 1. The van der Waals surface area contributed by atoms with Gasteiger partial charge in [-0.2, -0.15) is 5.26 Å². The van der Waals surface area contributed by atoms with E-state index in [4.69, 9.17) is 10.5 Å². The van der Waals surface area contributed by atoms with Gasteiger partial charge in [-0.05, 0) is 119 Å². The number of nitrogens with zero attached hydrogens (tertiary/aromatic N) is 2. The first-order valence-corrected chi connectivity index (χ1v) is 14.3. The molecule has 2 N–H and O–H groups in total. The van der Waals surface area contributed by atoms with Crippen molar-refractivity contribution >= 4 is 34.1 Å². The summed E-state index contributed by atoms with van der Waals surface area (Å²) in [5.41, 5.74) is 13.0. The van der Waals surface area contributed by atoms with Crippen molar-refractivity contribution in [2.45, 2.75) is 53.1 Å². The maximum atomic E-state index is 13.9. The van der Waals surface area contributed by atoms with Gasteiger partial charge >= 0.3 is 0 Å². The number of ketones is 1. The second-order valence-corrected chi connectivity index (χ2v) is 12.6. The Morgan fingerprint density at radius 3 is 2.40 bits per heavy atom. The maximum Gasteiger partial charge on any atom is 0.162 e. The molecular weight excluding hydrogens is 616 g/mol. The van der Waals surface area contributed by atoms with Gasteiger partial charge in [0, 0.05) is 26.9 Å². The average Bonchev–Trinajstić information content (AvgIpc) is 2.89. The summed E-state index contributed by atoms with van der Waals surface area (Å²) < 4.78 is 20.4. The van der Waals surface area contributed by atoms with E-state index in [1.165, 1.54) is 12.1 Å². The molecule has 0 bridgehead atoms. The monoisotopic (exact) mass is 647 g/mol. The molecular formula is C33H31FIN3O2. The highest BCUT2D eigenvalue weighted by molar-refractivity contribution is 14.1. The van der Waals surface area contributed by atoms with Crippen molar-refractivity contribution in [3.8, 4) is 11.8 Å². The molecule has 0 radical (unpaired) electrons. The molecule has 0 saturated heterocycles. The van der Waals surface area contributed by atoms with Crippen LogP contribution < -0.4 is 15.4 Å². The molecule has 1 aliphatic carbocycles.